The van der Waals surface area contributed by atoms with Gasteiger partial charge in [-0.15, -0.1) is 0 Å². The molecule has 0 unspecified atom stereocenters. The van der Waals surface area contributed by atoms with Crippen molar-refractivity contribution >= 4 is 40.0 Å². The smallest absolute Gasteiger partial charge is 0.262 e. The number of carbonyl (C=O) groups excluding carboxylic acids is 1. The Balaban J connectivity index is 1.44. The molecule has 0 spiro atoms. The predicted octanol–water partition coefficient (Wildman–Crippen LogP) is 3.50. The summed E-state index contributed by atoms with van der Waals surface area (Å²) in [6, 6.07) is 9.50. The minimum absolute atomic E-state index is 0.0289. The van der Waals surface area contributed by atoms with E-state index in [1.165, 1.54) is 12.1 Å². The van der Waals surface area contributed by atoms with Gasteiger partial charge in [0.1, 0.15) is 0 Å². The number of ether oxygens (including phenoxy) is 1. The number of hydrogen-bond acceptors (Lipinski definition) is 6. The summed E-state index contributed by atoms with van der Waals surface area (Å²) in [5, 5.41) is 3.89. The molecule has 0 bridgehead atoms. The molecule has 1 amide bonds. The second-order valence-electron chi connectivity index (χ2n) is 7.54. The Bertz CT molecular complexity index is 1120. The van der Waals surface area contributed by atoms with Crippen LogP contribution in [-0.2, 0) is 4.79 Å². The molecule has 2 aromatic carbocycles. The van der Waals surface area contributed by atoms with Crippen LogP contribution < -0.4 is 15.0 Å². The van der Waals surface area contributed by atoms with E-state index in [9.17, 15) is 9.18 Å². The second-order valence-corrected chi connectivity index (χ2v) is 7.98. The van der Waals surface area contributed by atoms with Crippen molar-refractivity contribution in [2.24, 2.45) is 0 Å². The summed E-state index contributed by atoms with van der Waals surface area (Å²) >= 11 is 5.72. The zero-order valence-corrected chi connectivity index (χ0v) is 18.1. The fourth-order valence-electron chi connectivity index (χ4n) is 3.42. The molecule has 1 aliphatic rings. The summed E-state index contributed by atoms with van der Waals surface area (Å²) in [5.41, 5.74) is 2.25. The number of nitrogens with zero attached hydrogens (tertiary/aromatic N) is 4. The maximum Gasteiger partial charge on any atom is 0.262 e. The third-order valence-corrected chi connectivity index (χ3v) is 5.43. The van der Waals surface area contributed by atoms with Crippen molar-refractivity contribution < 1.29 is 13.9 Å². The lowest BCUT2D eigenvalue weighted by Gasteiger charge is -2.32. The van der Waals surface area contributed by atoms with Gasteiger partial charge in [0.15, 0.2) is 18.2 Å². The van der Waals surface area contributed by atoms with Gasteiger partial charge in [0.25, 0.3) is 5.91 Å². The van der Waals surface area contributed by atoms with E-state index in [2.05, 4.69) is 27.1 Å². The van der Waals surface area contributed by atoms with Gasteiger partial charge in [0.2, 0.25) is 5.95 Å². The number of likely N-dealkylation sites (N-methyl/N-ethyl adjacent to an activating group) is 1. The minimum atomic E-state index is -0.616. The number of carbonyl (C=O) groups is 1. The topological polar surface area (TPSA) is 70.6 Å². The van der Waals surface area contributed by atoms with Crippen LogP contribution in [0.15, 0.2) is 36.4 Å². The van der Waals surface area contributed by atoms with Crippen LogP contribution in [0.1, 0.15) is 5.69 Å². The summed E-state index contributed by atoms with van der Waals surface area (Å²) in [7, 11) is 2.11. The fraction of sp³-hybridized carbons (Fsp3) is 0.318. The Kier molecular flexibility index (Phi) is 6.20. The van der Waals surface area contributed by atoms with Crippen molar-refractivity contribution in [2.75, 3.05) is 50.1 Å². The molecule has 1 fully saturated rings. The predicted molar refractivity (Wildman–Crippen MR) is 120 cm³/mol. The molecule has 9 heteroatoms. The SMILES string of the molecule is Cc1nc(N2CCN(C)CC2)nc2ccc(NC(=O)COc3ccc(Cl)cc3F)cc12. The summed E-state index contributed by atoms with van der Waals surface area (Å²) in [6.45, 7) is 5.35. The summed E-state index contributed by atoms with van der Waals surface area (Å²) in [6.07, 6.45) is 0. The Morgan fingerprint density at radius 1 is 1.16 bits per heavy atom. The van der Waals surface area contributed by atoms with Gasteiger partial charge in [-0.3, -0.25) is 4.79 Å². The van der Waals surface area contributed by atoms with E-state index >= 15 is 0 Å². The van der Waals surface area contributed by atoms with Gasteiger partial charge in [-0.05, 0) is 50.4 Å². The van der Waals surface area contributed by atoms with Gasteiger partial charge in [0, 0.05) is 42.3 Å². The largest absolute Gasteiger partial charge is 0.481 e. The van der Waals surface area contributed by atoms with Gasteiger partial charge in [0.05, 0.1) is 11.2 Å². The molecular weight excluding hydrogens is 421 g/mol. The lowest BCUT2D eigenvalue weighted by atomic mass is 10.1. The molecule has 0 radical (unpaired) electrons. The van der Waals surface area contributed by atoms with Gasteiger partial charge in [-0.1, -0.05) is 11.6 Å². The van der Waals surface area contributed by atoms with Gasteiger partial charge < -0.3 is 19.9 Å². The molecule has 1 saturated heterocycles. The average Bonchev–Trinajstić information content (AvgIpc) is 2.74. The third-order valence-electron chi connectivity index (χ3n) is 5.20. The van der Waals surface area contributed by atoms with Crippen LogP contribution in [-0.4, -0.2) is 60.6 Å². The van der Waals surface area contributed by atoms with Crippen LogP contribution in [0.4, 0.5) is 16.0 Å². The van der Waals surface area contributed by atoms with E-state index in [4.69, 9.17) is 21.3 Å². The summed E-state index contributed by atoms with van der Waals surface area (Å²) in [4.78, 5) is 26.1. The zero-order valence-electron chi connectivity index (χ0n) is 17.4. The number of aromatic nitrogens is 2. The van der Waals surface area contributed by atoms with E-state index in [1.807, 2.05) is 19.1 Å². The Morgan fingerprint density at radius 3 is 2.68 bits per heavy atom. The molecule has 0 saturated carbocycles. The first-order chi connectivity index (χ1) is 14.9. The average molecular weight is 444 g/mol. The summed E-state index contributed by atoms with van der Waals surface area (Å²) in [5.74, 6) is -0.316. The van der Waals surface area contributed by atoms with E-state index in [0.29, 0.717) is 5.69 Å². The van der Waals surface area contributed by atoms with Crippen molar-refractivity contribution in [1.82, 2.24) is 14.9 Å². The molecule has 1 aliphatic heterocycles. The van der Waals surface area contributed by atoms with Crippen molar-refractivity contribution in [3.63, 3.8) is 0 Å². The van der Waals surface area contributed by atoms with Crippen LogP contribution in [0.5, 0.6) is 5.75 Å². The molecule has 4 rings (SSSR count). The highest BCUT2D eigenvalue weighted by molar-refractivity contribution is 6.30. The van der Waals surface area contributed by atoms with E-state index in [1.54, 1.807) is 6.07 Å². The first-order valence-corrected chi connectivity index (χ1v) is 10.4. The van der Waals surface area contributed by atoms with Gasteiger partial charge >= 0.3 is 0 Å². The van der Waals surface area contributed by atoms with Crippen LogP contribution in [0.2, 0.25) is 5.02 Å². The number of rotatable bonds is 5. The number of halogens is 2. The van der Waals surface area contributed by atoms with E-state index in [-0.39, 0.29) is 17.4 Å². The molecule has 3 aromatic rings. The number of anilines is 2. The Labute approximate surface area is 184 Å². The highest BCUT2D eigenvalue weighted by atomic mass is 35.5. The Hall–Kier alpha value is -2.97. The maximum absolute atomic E-state index is 13.8. The molecule has 162 valence electrons. The van der Waals surface area contributed by atoms with Crippen LogP contribution >= 0.6 is 11.6 Å². The van der Waals surface area contributed by atoms with Gasteiger partial charge in [-0.25, -0.2) is 14.4 Å². The van der Waals surface area contributed by atoms with Crippen LogP contribution in [0, 0.1) is 12.7 Å². The first kappa shape index (κ1) is 21.3. The molecule has 1 aromatic heterocycles. The number of benzene rings is 2. The minimum Gasteiger partial charge on any atom is -0.481 e. The van der Waals surface area contributed by atoms with Crippen molar-refractivity contribution in [3.05, 3.63) is 52.9 Å². The number of hydrogen-bond donors (Lipinski definition) is 1. The molecule has 0 atom stereocenters. The standard InChI is InChI=1S/C22H23ClFN5O2/c1-14-17-12-16(26-21(30)13-31-20-6-3-15(23)11-18(20)24)4-5-19(17)27-22(25-14)29-9-7-28(2)8-10-29/h3-6,11-12H,7-10,13H2,1-2H3,(H,26,30). The Morgan fingerprint density at radius 2 is 1.94 bits per heavy atom. The monoisotopic (exact) mass is 443 g/mol. The van der Waals surface area contributed by atoms with E-state index in [0.717, 1.165) is 54.8 Å². The van der Waals surface area contributed by atoms with Crippen molar-refractivity contribution in [1.29, 1.82) is 0 Å². The zero-order chi connectivity index (χ0) is 22.0. The number of nitrogens with one attached hydrogen (secondary N) is 1. The molecular formula is C22H23ClFN5O2. The van der Waals surface area contributed by atoms with Crippen molar-refractivity contribution in [2.45, 2.75) is 6.92 Å². The highest BCUT2D eigenvalue weighted by Crippen LogP contribution is 2.24. The van der Waals surface area contributed by atoms with Gasteiger partial charge in [-0.2, -0.15) is 0 Å². The number of amides is 1. The normalized spacial score (nSPS) is 14.6. The molecule has 2 heterocycles. The number of aryl methyl sites for hydroxylation is 1. The molecule has 7 nitrogen and oxygen atoms in total. The number of fused-ring (bicyclic) bond motifs is 1. The maximum atomic E-state index is 13.8. The first-order valence-electron chi connectivity index (χ1n) is 9.98. The lowest BCUT2D eigenvalue weighted by Crippen LogP contribution is -2.45. The van der Waals surface area contributed by atoms with Crippen LogP contribution in [0.3, 0.4) is 0 Å². The number of piperazine rings is 1. The van der Waals surface area contributed by atoms with Crippen LogP contribution in [0.25, 0.3) is 10.9 Å². The molecule has 31 heavy (non-hydrogen) atoms. The second kappa shape index (κ2) is 9.03. The van der Waals surface area contributed by atoms with Crippen molar-refractivity contribution in [3.8, 4) is 5.75 Å². The molecule has 1 N–H and O–H groups in total. The summed E-state index contributed by atoms with van der Waals surface area (Å²) < 4.78 is 19.0. The quantitative estimate of drug-likeness (QED) is 0.650. The highest BCUT2D eigenvalue weighted by Gasteiger charge is 2.18. The lowest BCUT2D eigenvalue weighted by molar-refractivity contribution is -0.118. The van der Waals surface area contributed by atoms with E-state index < -0.39 is 11.7 Å². The fourth-order valence-corrected chi connectivity index (χ4v) is 3.58. The molecule has 0 aliphatic carbocycles. The third kappa shape index (κ3) is 5.03.